The van der Waals surface area contributed by atoms with E-state index >= 15 is 0 Å². The molecule has 0 aliphatic heterocycles. The summed E-state index contributed by atoms with van der Waals surface area (Å²) in [4.78, 5) is 23.1. The molecule has 3 aromatic rings. The van der Waals surface area contributed by atoms with Gasteiger partial charge in [-0.1, -0.05) is 6.07 Å². The van der Waals surface area contributed by atoms with Crippen LogP contribution in [-0.4, -0.2) is 36.1 Å². The fourth-order valence-electron chi connectivity index (χ4n) is 2.41. The van der Waals surface area contributed by atoms with E-state index in [2.05, 4.69) is 30.7 Å². The van der Waals surface area contributed by atoms with E-state index < -0.39 is 0 Å². The van der Waals surface area contributed by atoms with Crippen molar-refractivity contribution in [3.63, 3.8) is 0 Å². The lowest BCUT2D eigenvalue weighted by molar-refractivity contribution is 0.0954. The third-order valence-electron chi connectivity index (χ3n) is 3.94. The predicted molar refractivity (Wildman–Crippen MR) is 91.8 cm³/mol. The molecule has 128 valence electrons. The van der Waals surface area contributed by atoms with E-state index in [1.165, 1.54) is 24.2 Å². The molecule has 0 radical (unpaired) electrons. The maximum Gasteiger partial charge on any atom is 0.263 e. The largest absolute Gasteiger partial charge is 0.347 e. The van der Waals surface area contributed by atoms with Crippen molar-refractivity contribution in [2.75, 3.05) is 0 Å². The summed E-state index contributed by atoms with van der Waals surface area (Å²) in [6.45, 7) is 3.04. The maximum atomic E-state index is 12.4. The van der Waals surface area contributed by atoms with E-state index in [0.717, 1.165) is 12.1 Å². The average Bonchev–Trinajstić information content (AvgIpc) is 3.16. The Hall–Kier alpha value is -2.68. The van der Waals surface area contributed by atoms with Gasteiger partial charge in [0.15, 0.2) is 5.01 Å². The van der Waals surface area contributed by atoms with Gasteiger partial charge in [0.25, 0.3) is 5.91 Å². The molecule has 1 aliphatic carbocycles. The van der Waals surface area contributed by atoms with Crippen LogP contribution in [0.4, 0.5) is 0 Å². The van der Waals surface area contributed by atoms with Crippen LogP contribution in [0.3, 0.4) is 0 Å². The van der Waals surface area contributed by atoms with Crippen LogP contribution >= 0.6 is 11.3 Å². The van der Waals surface area contributed by atoms with Crippen molar-refractivity contribution >= 4 is 17.2 Å². The van der Waals surface area contributed by atoms with Gasteiger partial charge in [0, 0.05) is 18.9 Å². The van der Waals surface area contributed by atoms with Crippen LogP contribution in [0, 0.1) is 12.8 Å². The number of tetrazole rings is 1. The number of carbonyl (C=O) groups is 1. The van der Waals surface area contributed by atoms with Crippen LogP contribution < -0.4 is 5.32 Å². The fraction of sp³-hybridized carbons (Fsp3) is 0.375. The molecule has 1 N–H and O–H groups in total. The standard InChI is InChI=1S/C16H17N7OS/c1-10-13(15(24)18-8-12-3-2-6-17-7-12)25-16(19-10)14-20-22-23(21-14)9-11-4-5-11/h2-3,6-7,11H,4-5,8-9H2,1H3,(H,18,24). The molecule has 1 aliphatic rings. The Kier molecular flexibility index (Phi) is 4.22. The van der Waals surface area contributed by atoms with Crippen molar-refractivity contribution in [2.24, 2.45) is 5.92 Å². The van der Waals surface area contributed by atoms with Crippen LogP contribution in [0.25, 0.3) is 10.8 Å². The normalized spacial score (nSPS) is 13.8. The number of hydrogen-bond donors (Lipinski definition) is 1. The molecule has 3 aromatic heterocycles. The summed E-state index contributed by atoms with van der Waals surface area (Å²) in [7, 11) is 0. The Morgan fingerprint density at radius 2 is 2.32 bits per heavy atom. The topological polar surface area (TPSA) is 98.5 Å². The summed E-state index contributed by atoms with van der Waals surface area (Å²) in [5.74, 6) is 0.990. The number of aryl methyl sites for hydroxylation is 1. The zero-order valence-electron chi connectivity index (χ0n) is 13.7. The average molecular weight is 355 g/mol. The third kappa shape index (κ3) is 3.71. The molecule has 0 unspecified atom stereocenters. The van der Waals surface area contributed by atoms with Crippen molar-refractivity contribution in [3.05, 3.63) is 40.7 Å². The van der Waals surface area contributed by atoms with Gasteiger partial charge in [-0.25, -0.2) is 4.98 Å². The highest BCUT2D eigenvalue weighted by Crippen LogP contribution is 2.30. The number of carbonyl (C=O) groups excluding carboxylic acids is 1. The van der Waals surface area contributed by atoms with Crippen molar-refractivity contribution in [1.82, 2.24) is 35.5 Å². The fourth-order valence-corrected chi connectivity index (χ4v) is 3.31. The van der Waals surface area contributed by atoms with Gasteiger partial charge in [-0.2, -0.15) is 4.80 Å². The zero-order chi connectivity index (χ0) is 17.2. The minimum absolute atomic E-state index is 0.157. The Bertz CT molecular complexity index is 885. The molecule has 3 heterocycles. The minimum Gasteiger partial charge on any atom is -0.347 e. The molecule has 1 saturated carbocycles. The molecular weight excluding hydrogens is 338 g/mol. The molecular formula is C16H17N7OS. The molecule has 0 bridgehead atoms. The number of pyridine rings is 1. The first-order valence-corrected chi connectivity index (χ1v) is 8.93. The van der Waals surface area contributed by atoms with Gasteiger partial charge in [-0.05, 0) is 42.5 Å². The first-order valence-electron chi connectivity index (χ1n) is 8.12. The van der Waals surface area contributed by atoms with E-state index in [-0.39, 0.29) is 5.91 Å². The molecule has 1 amide bonds. The Morgan fingerprint density at radius 1 is 1.44 bits per heavy atom. The molecule has 0 aromatic carbocycles. The van der Waals surface area contributed by atoms with Crippen LogP contribution in [0.2, 0.25) is 0 Å². The second-order valence-corrected chi connectivity index (χ2v) is 7.09. The quantitative estimate of drug-likeness (QED) is 0.724. The monoisotopic (exact) mass is 355 g/mol. The molecule has 9 heteroatoms. The van der Waals surface area contributed by atoms with Crippen molar-refractivity contribution < 1.29 is 4.79 Å². The highest BCUT2D eigenvalue weighted by Gasteiger charge is 2.24. The van der Waals surface area contributed by atoms with Gasteiger partial charge >= 0.3 is 0 Å². The van der Waals surface area contributed by atoms with Crippen molar-refractivity contribution in [1.29, 1.82) is 0 Å². The van der Waals surface area contributed by atoms with Crippen molar-refractivity contribution in [2.45, 2.75) is 32.9 Å². The van der Waals surface area contributed by atoms with Crippen LogP contribution in [0.5, 0.6) is 0 Å². The predicted octanol–water partition coefficient (Wildman–Crippen LogP) is 1.84. The number of rotatable bonds is 6. The lowest BCUT2D eigenvalue weighted by Crippen LogP contribution is -2.22. The van der Waals surface area contributed by atoms with Gasteiger partial charge in [-0.15, -0.1) is 21.5 Å². The first kappa shape index (κ1) is 15.8. The van der Waals surface area contributed by atoms with Crippen LogP contribution in [-0.2, 0) is 13.1 Å². The Labute approximate surface area is 148 Å². The lowest BCUT2D eigenvalue weighted by atomic mass is 10.3. The highest BCUT2D eigenvalue weighted by atomic mass is 32.1. The molecule has 0 atom stereocenters. The number of amides is 1. The third-order valence-corrected chi connectivity index (χ3v) is 5.09. The van der Waals surface area contributed by atoms with E-state index in [4.69, 9.17) is 0 Å². The van der Waals surface area contributed by atoms with Gasteiger partial charge in [0.05, 0.1) is 12.2 Å². The summed E-state index contributed by atoms with van der Waals surface area (Å²) in [6.07, 6.45) is 5.89. The molecule has 0 saturated heterocycles. The summed E-state index contributed by atoms with van der Waals surface area (Å²) in [5.41, 5.74) is 1.62. The number of nitrogens with zero attached hydrogens (tertiary/aromatic N) is 6. The summed E-state index contributed by atoms with van der Waals surface area (Å²) in [6, 6.07) is 3.76. The van der Waals surface area contributed by atoms with Gasteiger partial charge in [0.1, 0.15) is 4.88 Å². The smallest absolute Gasteiger partial charge is 0.263 e. The van der Waals surface area contributed by atoms with E-state index in [0.29, 0.717) is 33.9 Å². The maximum absolute atomic E-state index is 12.4. The van der Waals surface area contributed by atoms with E-state index in [1.807, 2.05) is 19.1 Å². The minimum atomic E-state index is -0.157. The summed E-state index contributed by atoms with van der Waals surface area (Å²) in [5, 5.41) is 16.0. The van der Waals surface area contributed by atoms with E-state index in [9.17, 15) is 4.79 Å². The summed E-state index contributed by atoms with van der Waals surface area (Å²) >= 11 is 1.29. The Balaban J connectivity index is 1.45. The lowest BCUT2D eigenvalue weighted by Gasteiger charge is -2.03. The first-order chi connectivity index (χ1) is 12.2. The van der Waals surface area contributed by atoms with Crippen LogP contribution in [0.1, 0.15) is 33.8 Å². The number of aromatic nitrogens is 6. The second-order valence-electron chi connectivity index (χ2n) is 6.09. The van der Waals surface area contributed by atoms with Crippen molar-refractivity contribution in [3.8, 4) is 10.8 Å². The summed E-state index contributed by atoms with van der Waals surface area (Å²) < 4.78 is 0. The van der Waals surface area contributed by atoms with Gasteiger partial charge < -0.3 is 5.32 Å². The second kappa shape index (κ2) is 6.67. The Morgan fingerprint density at radius 3 is 3.08 bits per heavy atom. The van der Waals surface area contributed by atoms with Crippen LogP contribution in [0.15, 0.2) is 24.5 Å². The molecule has 1 fully saturated rings. The van der Waals surface area contributed by atoms with Gasteiger partial charge in [0.2, 0.25) is 5.82 Å². The van der Waals surface area contributed by atoms with E-state index in [1.54, 1.807) is 17.2 Å². The highest BCUT2D eigenvalue weighted by molar-refractivity contribution is 7.17. The molecule has 0 spiro atoms. The number of nitrogens with one attached hydrogen (secondary N) is 1. The number of hydrogen-bond acceptors (Lipinski definition) is 7. The molecule has 4 rings (SSSR count). The van der Waals surface area contributed by atoms with Gasteiger partial charge in [-0.3, -0.25) is 9.78 Å². The number of thiazole rings is 1. The zero-order valence-corrected chi connectivity index (χ0v) is 14.5. The molecule has 25 heavy (non-hydrogen) atoms. The molecule has 8 nitrogen and oxygen atoms in total. The SMILES string of the molecule is Cc1nc(-c2nnn(CC3CC3)n2)sc1C(=O)NCc1cccnc1.